The molecule has 0 aliphatic heterocycles. The number of alkyl halides is 3. The molecule has 0 aliphatic rings. The van der Waals surface area contributed by atoms with Gasteiger partial charge in [-0.3, -0.25) is 0 Å². The number of sulfone groups is 1. The van der Waals surface area contributed by atoms with Gasteiger partial charge in [0.15, 0.2) is 15.6 Å². The quantitative estimate of drug-likeness (QED) is 0.786. The number of rotatable bonds is 3. The number of hydrogen-bond donors (Lipinski definition) is 0. The predicted molar refractivity (Wildman–Crippen MR) is 63.8 cm³/mol. The topological polar surface area (TPSA) is 87.0 Å². The Kier molecular flexibility index (Phi) is 3.61. The Balaban J connectivity index is 2.53. The average Bonchev–Trinajstić information content (AvgIpc) is 2.86. The second-order valence-corrected chi connectivity index (χ2v) is 5.92. The molecule has 114 valence electrons. The van der Waals surface area contributed by atoms with Gasteiger partial charge in [-0.25, -0.2) is 18.1 Å². The van der Waals surface area contributed by atoms with Crippen LogP contribution in [0.25, 0.3) is 5.95 Å². The van der Waals surface area contributed by atoms with Gasteiger partial charge in [-0.1, -0.05) is 0 Å². The Hall–Kier alpha value is -2.17. The third-order valence-corrected chi connectivity index (χ3v) is 3.39. The summed E-state index contributed by atoms with van der Waals surface area (Å²) in [6, 6.07) is 0. The Labute approximate surface area is 117 Å². The minimum absolute atomic E-state index is 0.107. The highest BCUT2D eigenvalue weighted by Gasteiger charge is 2.32. The van der Waals surface area contributed by atoms with Crippen molar-refractivity contribution in [1.29, 1.82) is 0 Å². The fourth-order valence-electron chi connectivity index (χ4n) is 1.44. The van der Waals surface area contributed by atoms with Gasteiger partial charge < -0.3 is 4.74 Å². The van der Waals surface area contributed by atoms with Crippen LogP contribution in [0.2, 0.25) is 0 Å². The van der Waals surface area contributed by atoms with Crippen molar-refractivity contribution in [3.8, 4) is 11.7 Å². The third-order valence-electron chi connectivity index (χ3n) is 2.40. The largest absolute Gasteiger partial charge is 0.492 e. The Morgan fingerprint density at radius 3 is 2.43 bits per heavy atom. The van der Waals surface area contributed by atoms with Gasteiger partial charge in [0.1, 0.15) is 0 Å². The van der Waals surface area contributed by atoms with Gasteiger partial charge in [-0.2, -0.15) is 23.3 Å². The second kappa shape index (κ2) is 4.98. The molecule has 0 amide bonds. The van der Waals surface area contributed by atoms with E-state index in [2.05, 4.69) is 15.1 Å². The molecule has 0 atom stereocenters. The lowest BCUT2D eigenvalue weighted by molar-refractivity contribution is -0.137. The van der Waals surface area contributed by atoms with E-state index in [0.29, 0.717) is 12.4 Å². The van der Waals surface area contributed by atoms with Gasteiger partial charge in [0.25, 0.3) is 5.95 Å². The van der Waals surface area contributed by atoms with Crippen molar-refractivity contribution >= 4 is 9.84 Å². The van der Waals surface area contributed by atoms with Crippen molar-refractivity contribution in [3.05, 3.63) is 24.2 Å². The molecule has 0 radical (unpaired) electrons. The lowest BCUT2D eigenvalue weighted by Gasteiger charge is -2.07. The average molecular weight is 322 g/mol. The Morgan fingerprint density at radius 1 is 1.29 bits per heavy atom. The fraction of sp³-hybridized carbons (Fsp3) is 0.300. The maximum Gasteiger partial charge on any atom is 0.419 e. The summed E-state index contributed by atoms with van der Waals surface area (Å²) in [6.45, 7) is 0. The van der Waals surface area contributed by atoms with Crippen molar-refractivity contribution in [2.24, 2.45) is 0 Å². The predicted octanol–water partition coefficient (Wildman–Crippen LogP) is 1.09. The lowest BCUT2D eigenvalue weighted by atomic mass is 10.4. The van der Waals surface area contributed by atoms with Crippen molar-refractivity contribution in [2.75, 3.05) is 13.4 Å². The van der Waals surface area contributed by atoms with Crippen molar-refractivity contribution in [2.45, 2.75) is 11.2 Å². The van der Waals surface area contributed by atoms with E-state index in [9.17, 15) is 21.6 Å². The minimum Gasteiger partial charge on any atom is -0.492 e. The number of nitrogens with zero attached hydrogens (tertiary/aromatic N) is 4. The Bertz CT molecular complexity index is 770. The molecule has 0 bridgehead atoms. The van der Waals surface area contributed by atoms with Crippen LogP contribution in [0.5, 0.6) is 5.75 Å². The molecule has 0 aliphatic carbocycles. The highest BCUT2D eigenvalue weighted by atomic mass is 32.2. The molecule has 0 saturated carbocycles. The van der Waals surface area contributed by atoms with E-state index in [0.717, 1.165) is 17.1 Å². The zero-order valence-electron chi connectivity index (χ0n) is 10.8. The lowest BCUT2D eigenvalue weighted by Crippen LogP contribution is -2.10. The molecule has 0 N–H and O–H groups in total. The molecule has 0 aromatic carbocycles. The van der Waals surface area contributed by atoms with Crippen molar-refractivity contribution in [3.63, 3.8) is 0 Å². The van der Waals surface area contributed by atoms with Gasteiger partial charge in [-0.05, 0) is 0 Å². The number of halogens is 3. The van der Waals surface area contributed by atoms with Crippen LogP contribution in [-0.4, -0.2) is 41.5 Å². The summed E-state index contributed by atoms with van der Waals surface area (Å²) in [6.07, 6.45) is -1.37. The number of methoxy groups -OCH3 is 1. The molecule has 11 heteroatoms. The standard InChI is InChI=1S/C10H9F3N4O3S/c1-20-7-4-14-9(16-8(7)21(2,18)19)17-5-6(3-15-17)10(11,12)13/h3-5H,1-2H3. The van der Waals surface area contributed by atoms with Crippen LogP contribution in [0.1, 0.15) is 5.56 Å². The van der Waals surface area contributed by atoms with Crippen LogP contribution in [0.3, 0.4) is 0 Å². The summed E-state index contributed by atoms with van der Waals surface area (Å²) in [4.78, 5) is 7.41. The Morgan fingerprint density at radius 2 is 1.95 bits per heavy atom. The number of ether oxygens (including phenoxy) is 1. The normalized spacial score (nSPS) is 12.4. The number of hydrogen-bond acceptors (Lipinski definition) is 6. The first kappa shape index (κ1) is 15.2. The molecule has 2 rings (SSSR count). The van der Waals surface area contributed by atoms with Crippen molar-refractivity contribution < 1.29 is 26.3 Å². The van der Waals surface area contributed by atoms with Gasteiger partial charge >= 0.3 is 6.18 Å². The van der Waals surface area contributed by atoms with E-state index in [-0.39, 0.29) is 11.7 Å². The molecular weight excluding hydrogens is 313 g/mol. The SMILES string of the molecule is COc1cnc(-n2cc(C(F)(F)F)cn2)nc1S(C)(=O)=O. The second-order valence-electron chi connectivity index (χ2n) is 3.99. The summed E-state index contributed by atoms with van der Waals surface area (Å²) in [5.41, 5.74) is -0.997. The highest BCUT2D eigenvalue weighted by Crippen LogP contribution is 2.29. The molecule has 0 unspecified atom stereocenters. The van der Waals surface area contributed by atoms with Gasteiger partial charge in [0.05, 0.1) is 25.1 Å². The van der Waals surface area contributed by atoms with Crippen LogP contribution < -0.4 is 4.74 Å². The molecule has 2 aromatic rings. The first-order chi connectivity index (χ1) is 9.63. The van der Waals surface area contributed by atoms with Crippen molar-refractivity contribution in [1.82, 2.24) is 19.7 Å². The minimum atomic E-state index is -4.57. The first-order valence-corrected chi connectivity index (χ1v) is 7.25. The van der Waals surface area contributed by atoms with Crippen LogP contribution in [-0.2, 0) is 16.0 Å². The molecular formula is C10H9F3N4O3S. The van der Waals surface area contributed by atoms with E-state index >= 15 is 0 Å². The maximum absolute atomic E-state index is 12.5. The summed E-state index contributed by atoms with van der Waals surface area (Å²) in [5.74, 6) is -0.420. The fourth-order valence-corrected chi connectivity index (χ4v) is 2.19. The van der Waals surface area contributed by atoms with Crippen LogP contribution in [0, 0.1) is 0 Å². The van der Waals surface area contributed by atoms with E-state index in [1.165, 1.54) is 7.11 Å². The summed E-state index contributed by atoms with van der Waals surface area (Å²) in [7, 11) is -2.51. The van der Waals surface area contributed by atoms with Crippen LogP contribution >= 0.6 is 0 Å². The molecule has 2 heterocycles. The molecule has 0 spiro atoms. The van der Waals surface area contributed by atoms with Crippen LogP contribution in [0.15, 0.2) is 23.6 Å². The van der Waals surface area contributed by atoms with Gasteiger partial charge in [-0.15, -0.1) is 0 Å². The summed E-state index contributed by atoms with van der Waals surface area (Å²) in [5, 5.41) is 3.04. The maximum atomic E-state index is 12.5. The van der Waals surface area contributed by atoms with Gasteiger partial charge in [0, 0.05) is 12.5 Å². The molecule has 0 fully saturated rings. The van der Waals surface area contributed by atoms with E-state index < -0.39 is 26.6 Å². The highest BCUT2D eigenvalue weighted by molar-refractivity contribution is 7.90. The molecule has 0 saturated heterocycles. The van der Waals surface area contributed by atoms with E-state index in [4.69, 9.17) is 4.74 Å². The van der Waals surface area contributed by atoms with E-state index in [1.807, 2.05) is 0 Å². The van der Waals surface area contributed by atoms with Gasteiger partial charge in [0.2, 0.25) is 5.03 Å². The first-order valence-electron chi connectivity index (χ1n) is 5.36. The zero-order valence-corrected chi connectivity index (χ0v) is 11.6. The summed E-state index contributed by atoms with van der Waals surface area (Å²) < 4.78 is 66.2. The third kappa shape index (κ3) is 3.12. The summed E-state index contributed by atoms with van der Waals surface area (Å²) >= 11 is 0. The van der Waals surface area contributed by atoms with E-state index in [1.54, 1.807) is 0 Å². The smallest absolute Gasteiger partial charge is 0.419 e. The number of aromatic nitrogens is 4. The monoisotopic (exact) mass is 322 g/mol. The zero-order chi connectivity index (χ0) is 15.8. The molecule has 21 heavy (non-hydrogen) atoms. The molecule has 2 aromatic heterocycles. The molecule has 7 nitrogen and oxygen atoms in total. The van der Waals surface area contributed by atoms with Crippen LogP contribution in [0.4, 0.5) is 13.2 Å².